The molecular formula is C21H25N5O4S2. The Hall–Kier alpha value is -2.66. The van der Waals surface area contributed by atoms with E-state index in [1.165, 1.54) is 11.8 Å². The summed E-state index contributed by atoms with van der Waals surface area (Å²) in [6.07, 6.45) is 3.00. The summed E-state index contributed by atoms with van der Waals surface area (Å²) in [4.78, 5) is 25.9. The van der Waals surface area contributed by atoms with E-state index >= 15 is 0 Å². The summed E-state index contributed by atoms with van der Waals surface area (Å²) in [5, 5.41) is 11.9. The molecule has 1 unspecified atom stereocenters. The van der Waals surface area contributed by atoms with Crippen LogP contribution in [0.2, 0.25) is 0 Å². The highest BCUT2D eigenvalue weighted by atomic mass is 32.2. The van der Waals surface area contributed by atoms with Crippen LogP contribution in [0, 0.1) is 0 Å². The third-order valence-electron chi connectivity index (χ3n) is 5.63. The van der Waals surface area contributed by atoms with Crippen LogP contribution in [0.15, 0.2) is 36.0 Å². The lowest BCUT2D eigenvalue weighted by Gasteiger charge is -2.15. The Balaban J connectivity index is 1.40. The van der Waals surface area contributed by atoms with Gasteiger partial charge in [-0.05, 0) is 36.6 Å². The van der Waals surface area contributed by atoms with E-state index in [1.807, 2.05) is 16.7 Å². The molecule has 2 aromatic rings. The fourth-order valence-corrected chi connectivity index (χ4v) is 6.64. The molecule has 2 aliphatic heterocycles. The minimum atomic E-state index is -3.04. The Morgan fingerprint density at radius 1 is 1.34 bits per heavy atom. The van der Waals surface area contributed by atoms with Crippen molar-refractivity contribution in [3.05, 3.63) is 42.2 Å². The number of fused-ring (bicyclic) bond motifs is 1. The molecule has 0 spiro atoms. The summed E-state index contributed by atoms with van der Waals surface area (Å²) < 4.78 is 25.5. The van der Waals surface area contributed by atoms with Crippen LogP contribution in [-0.4, -0.2) is 58.8 Å². The predicted octanol–water partition coefficient (Wildman–Crippen LogP) is 2.01. The van der Waals surface area contributed by atoms with E-state index in [0.29, 0.717) is 36.2 Å². The Morgan fingerprint density at radius 2 is 2.16 bits per heavy atom. The van der Waals surface area contributed by atoms with E-state index in [4.69, 9.17) is 0 Å². The minimum absolute atomic E-state index is 0.00939. The zero-order chi connectivity index (χ0) is 22.9. The lowest BCUT2D eigenvalue weighted by molar-refractivity contribution is -0.116. The van der Waals surface area contributed by atoms with Crippen LogP contribution in [0.25, 0.3) is 0 Å². The van der Waals surface area contributed by atoms with Gasteiger partial charge in [0.1, 0.15) is 5.82 Å². The third-order valence-corrected chi connectivity index (χ3v) is 8.36. The summed E-state index contributed by atoms with van der Waals surface area (Å²) in [6.45, 7) is 6.41. The van der Waals surface area contributed by atoms with Crippen molar-refractivity contribution >= 4 is 44.8 Å². The van der Waals surface area contributed by atoms with Gasteiger partial charge in [-0.15, -0.1) is 16.8 Å². The zero-order valence-corrected chi connectivity index (χ0v) is 19.4. The van der Waals surface area contributed by atoms with Gasteiger partial charge in [-0.1, -0.05) is 17.8 Å². The molecule has 11 heteroatoms. The van der Waals surface area contributed by atoms with Crippen LogP contribution in [0.3, 0.4) is 0 Å². The van der Waals surface area contributed by atoms with Crippen molar-refractivity contribution in [1.29, 1.82) is 0 Å². The Kier molecular flexibility index (Phi) is 6.38. The molecule has 1 fully saturated rings. The molecule has 2 amide bonds. The van der Waals surface area contributed by atoms with Crippen molar-refractivity contribution in [2.45, 2.75) is 37.4 Å². The highest BCUT2D eigenvalue weighted by molar-refractivity contribution is 7.99. The number of benzene rings is 1. The van der Waals surface area contributed by atoms with Crippen LogP contribution in [0.4, 0.5) is 11.4 Å². The van der Waals surface area contributed by atoms with Gasteiger partial charge in [-0.2, -0.15) is 0 Å². The largest absolute Gasteiger partial charge is 0.325 e. The first kappa shape index (κ1) is 22.5. The van der Waals surface area contributed by atoms with E-state index < -0.39 is 9.84 Å². The second-order valence-corrected chi connectivity index (χ2v) is 11.1. The van der Waals surface area contributed by atoms with E-state index in [-0.39, 0.29) is 35.0 Å². The number of hydrogen-bond acceptors (Lipinski definition) is 7. The van der Waals surface area contributed by atoms with Crippen LogP contribution in [0.5, 0.6) is 0 Å². The van der Waals surface area contributed by atoms with Gasteiger partial charge in [0, 0.05) is 37.3 Å². The number of amides is 2. The summed E-state index contributed by atoms with van der Waals surface area (Å²) in [6, 6.07) is 5.55. The van der Waals surface area contributed by atoms with Crippen molar-refractivity contribution in [3.63, 3.8) is 0 Å². The molecule has 4 rings (SSSR count). The number of carbonyl (C=O) groups is 2. The number of carbonyl (C=O) groups excluding carboxylic acids is 2. The normalized spacial score (nSPS) is 19.0. The van der Waals surface area contributed by atoms with Crippen molar-refractivity contribution < 1.29 is 18.0 Å². The first-order valence-corrected chi connectivity index (χ1v) is 13.2. The summed E-state index contributed by atoms with van der Waals surface area (Å²) in [5.41, 5.74) is 2.61. The molecule has 2 aliphatic rings. The number of thioether (sulfide) groups is 1. The summed E-state index contributed by atoms with van der Waals surface area (Å²) >= 11 is 1.25. The molecule has 0 aliphatic carbocycles. The molecule has 1 atom stereocenters. The van der Waals surface area contributed by atoms with Gasteiger partial charge in [-0.25, -0.2) is 8.42 Å². The minimum Gasteiger partial charge on any atom is -0.325 e. The molecule has 3 heterocycles. The number of rotatable bonds is 7. The second-order valence-electron chi connectivity index (χ2n) is 7.94. The maximum absolute atomic E-state index is 12.5. The first-order chi connectivity index (χ1) is 15.3. The van der Waals surface area contributed by atoms with Crippen molar-refractivity contribution in [2.75, 3.05) is 34.0 Å². The average molecular weight is 476 g/mol. The van der Waals surface area contributed by atoms with Crippen LogP contribution in [-0.2, 0) is 32.4 Å². The fraction of sp³-hybridized carbons (Fsp3) is 0.429. The van der Waals surface area contributed by atoms with E-state index in [2.05, 4.69) is 22.1 Å². The predicted molar refractivity (Wildman–Crippen MR) is 124 cm³/mol. The van der Waals surface area contributed by atoms with Crippen LogP contribution >= 0.6 is 11.8 Å². The van der Waals surface area contributed by atoms with Gasteiger partial charge in [0.15, 0.2) is 15.0 Å². The second kappa shape index (κ2) is 9.07. The number of nitrogens with one attached hydrogen (secondary N) is 1. The maximum Gasteiger partial charge on any atom is 0.234 e. The molecule has 32 heavy (non-hydrogen) atoms. The van der Waals surface area contributed by atoms with Gasteiger partial charge >= 0.3 is 0 Å². The monoisotopic (exact) mass is 475 g/mol. The highest BCUT2D eigenvalue weighted by Crippen LogP contribution is 2.32. The van der Waals surface area contributed by atoms with E-state index in [1.54, 1.807) is 24.0 Å². The van der Waals surface area contributed by atoms with Crippen LogP contribution in [0.1, 0.15) is 30.7 Å². The first-order valence-electron chi connectivity index (χ1n) is 10.4. The molecule has 0 radical (unpaired) electrons. The van der Waals surface area contributed by atoms with E-state index in [9.17, 15) is 18.0 Å². The van der Waals surface area contributed by atoms with E-state index in [0.717, 1.165) is 17.7 Å². The maximum atomic E-state index is 12.5. The molecule has 1 aromatic heterocycles. The molecule has 170 valence electrons. The summed E-state index contributed by atoms with van der Waals surface area (Å²) in [5.74, 6) is 0.639. The quantitative estimate of drug-likeness (QED) is 0.481. The van der Waals surface area contributed by atoms with Crippen molar-refractivity contribution in [3.8, 4) is 0 Å². The topological polar surface area (TPSA) is 114 Å². The van der Waals surface area contributed by atoms with Crippen LogP contribution < -0.4 is 10.2 Å². The Bertz CT molecular complexity index is 1170. The smallest absolute Gasteiger partial charge is 0.234 e. The number of sulfone groups is 1. The standard InChI is InChI=1S/C21H25N5O4S2/c1-3-8-26-20(16-7-10-32(29,30)13-16)23-24-21(26)31-12-19(28)22-17-4-5-18-15(11-17)6-9-25(18)14(2)27/h3-5,11,16H,1,6-10,12-13H2,2H3,(H,22,28). The molecule has 0 bridgehead atoms. The molecule has 1 N–H and O–H groups in total. The number of aromatic nitrogens is 3. The lowest BCUT2D eigenvalue weighted by Crippen LogP contribution is -2.25. The number of nitrogens with zero attached hydrogens (tertiary/aromatic N) is 4. The van der Waals surface area contributed by atoms with Gasteiger partial charge in [0.25, 0.3) is 0 Å². The average Bonchev–Trinajstić information content (AvgIpc) is 3.43. The molecular weight excluding hydrogens is 450 g/mol. The zero-order valence-electron chi connectivity index (χ0n) is 17.8. The number of anilines is 2. The highest BCUT2D eigenvalue weighted by Gasteiger charge is 2.33. The van der Waals surface area contributed by atoms with Gasteiger partial charge in [0.2, 0.25) is 11.8 Å². The molecule has 1 saturated heterocycles. The molecule has 1 aromatic carbocycles. The fourth-order valence-electron chi connectivity index (χ4n) is 4.14. The van der Waals surface area contributed by atoms with Crippen molar-refractivity contribution in [2.24, 2.45) is 0 Å². The molecule has 0 saturated carbocycles. The SMILES string of the molecule is C=CCn1c(SCC(=O)Nc2ccc3c(c2)CCN3C(C)=O)nnc1C1CCS(=O)(=O)C1. The molecule has 9 nitrogen and oxygen atoms in total. The summed E-state index contributed by atoms with van der Waals surface area (Å²) in [7, 11) is -3.04. The van der Waals surface area contributed by atoms with Gasteiger partial charge < -0.3 is 14.8 Å². The van der Waals surface area contributed by atoms with Gasteiger partial charge in [-0.3, -0.25) is 9.59 Å². The lowest BCUT2D eigenvalue weighted by atomic mass is 10.1. The Labute approximate surface area is 191 Å². The Morgan fingerprint density at radius 3 is 2.84 bits per heavy atom. The van der Waals surface area contributed by atoms with Crippen molar-refractivity contribution in [1.82, 2.24) is 14.8 Å². The number of hydrogen-bond donors (Lipinski definition) is 1. The number of allylic oxidation sites excluding steroid dienone is 1. The third kappa shape index (κ3) is 4.73. The van der Waals surface area contributed by atoms with Gasteiger partial charge in [0.05, 0.1) is 17.3 Å².